The number of rotatable bonds is 10. The number of methoxy groups -OCH3 is 1. The van der Waals surface area contributed by atoms with Gasteiger partial charge in [-0.05, 0) is 62.7 Å². The molecule has 0 aliphatic carbocycles. The standard InChI is InChI=1S/C23H29NO7/c1-6-28-19-13-16(14-20(29-7-2)21(19)30-8-3)15-31-23(26)24(4)18-11-9-17(10-12-18)22(25)27-5/h9-14H,6-8,15H2,1-5H3. The van der Waals surface area contributed by atoms with Crippen LogP contribution >= 0.6 is 0 Å². The SMILES string of the molecule is CCOc1cc(COC(=O)N(C)c2ccc(C(=O)OC)cc2)cc(OCC)c1OCC. The molecule has 8 heteroatoms. The van der Waals surface area contributed by atoms with Crippen molar-refractivity contribution in [2.45, 2.75) is 27.4 Å². The number of hydrogen-bond acceptors (Lipinski definition) is 7. The highest BCUT2D eigenvalue weighted by molar-refractivity contribution is 5.91. The van der Waals surface area contributed by atoms with Crippen molar-refractivity contribution in [1.29, 1.82) is 0 Å². The number of carbonyl (C=O) groups is 2. The predicted octanol–water partition coefficient (Wildman–Crippen LogP) is 4.44. The topological polar surface area (TPSA) is 83.5 Å². The average molecular weight is 431 g/mol. The summed E-state index contributed by atoms with van der Waals surface area (Å²) in [5, 5.41) is 0. The zero-order valence-corrected chi connectivity index (χ0v) is 18.6. The fourth-order valence-electron chi connectivity index (χ4n) is 2.81. The second kappa shape index (κ2) is 11.7. The number of nitrogens with zero attached hydrogens (tertiary/aromatic N) is 1. The van der Waals surface area contributed by atoms with E-state index in [0.717, 1.165) is 0 Å². The van der Waals surface area contributed by atoms with Crippen LogP contribution in [0.1, 0.15) is 36.7 Å². The van der Waals surface area contributed by atoms with Gasteiger partial charge in [0.1, 0.15) is 6.61 Å². The molecule has 0 aromatic heterocycles. The predicted molar refractivity (Wildman–Crippen MR) is 116 cm³/mol. The van der Waals surface area contributed by atoms with Gasteiger partial charge < -0.3 is 23.7 Å². The Balaban J connectivity index is 2.13. The molecule has 0 heterocycles. The Labute approximate surface area is 182 Å². The van der Waals surface area contributed by atoms with E-state index in [0.29, 0.717) is 53.9 Å². The van der Waals surface area contributed by atoms with Crippen molar-refractivity contribution in [3.05, 3.63) is 47.5 Å². The highest BCUT2D eigenvalue weighted by atomic mass is 16.6. The molecule has 0 spiro atoms. The first kappa shape index (κ1) is 23.9. The first-order valence-electron chi connectivity index (χ1n) is 10.1. The normalized spacial score (nSPS) is 10.2. The van der Waals surface area contributed by atoms with E-state index >= 15 is 0 Å². The van der Waals surface area contributed by atoms with Crippen LogP contribution in [0.3, 0.4) is 0 Å². The first-order valence-corrected chi connectivity index (χ1v) is 10.1. The molecule has 168 valence electrons. The molecule has 0 saturated carbocycles. The molecular formula is C23H29NO7. The van der Waals surface area contributed by atoms with Gasteiger partial charge >= 0.3 is 12.1 Å². The molecule has 0 saturated heterocycles. The largest absolute Gasteiger partial charge is 0.490 e. The average Bonchev–Trinajstić information content (AvgIpc) is 2.79. The smallest absolute Gasteiger partial charge is 0.414 e. The highest BCUT2D eigenvalue weighted by Gasteiger charge is 2.18. The summed E-state index contributed by atoms with van der Waals surface area (Å²) in [6.45, 7) is 7.05. The van der Waals surface area contributed by atoms with Crippen LogP contribution < -0.4 is 19.1 Å². The lowest BCUT2D eigenvalue weighted by Gasteiger charge is -2.19. The third-order valence-electron chi connectivity index (χ3n) is 4.28. The van der Waals surface area contributed by atoms with Gasteiger partial charge in [-0.15, -0.1) is 0 Å². The van der Waals surface area contributed by atoms with Gasteiger partial charge in [-0.1, -0.05) is 0 Å². The lowest BCUT2D eigenvalue weighted by atomic mass is 10.2. The van der Waals surface area contributed by atoms with Crippen molar-refractivity contribution >= 4 is 17.7 Å². The summed E-state index contributed by atoms with van der Waals surface area (Å²) < 4.78 is 27.2. The molecular weight excluding hydrogens is 402 g/mol. The molecule has 0 unspecified atom stereocenters. The van der Waals surface area contributed by atoms with Crippen molar-refractivity contribution in [3.63, 3.8) is 0 Å². The van der Waals surface area contributed by atoms with Gasteiger partial charge in [-0.25, -0.2) is 9.59 Å². The summed E-state index contributed by atoms with van der Waals surface area (Å²) in [4.78, 5) is 25.4. The maximum atomic E-state index is 12.5. The van der Waals surface area contributed by atoms with Crippen molar-refractivity contribution < 1.29 is 33.3 Å². The fourth-order valence-corrected chi connectivity index (χ4v) is 2.81. The monoisotopic (exact) mass is 431 g/mol. The molecule has 0 aliphatic heterocycles. The summed E-state index contributed by atoms with van der Waals surface area (Å²) in [5.41, 5.74) is 1.68. The lowest BCUT2D eigenvalue weighted by molar-refractivity contribution is 0.0600. The molecule has 8 nitrogen and oxygen atoms in total. The fraction of sp³-hybridized carbons (Fsp3) is 0.391. The van der Waals surface area contributed by atoms with E-state index in [2.05, 4.69) is 4.74 Å². The molecule has 31 heavy (non-hydrogen) atoms. The van der Waals surface area contributed by atoms with Gasteiger partial charge in [-0.2, -0.15) is 0 Å². The molecule has 0 N–H and O–H groups in total. The van der Waals surface area contributed by atoms with E-state index in [-0.39, 0.29) is 6.61 Å². The van der Waals surface area contributed by atoms with Crippen molar-refractivity contribution in [3.8, 4) is 17.2 Å². The highest BCUT2D eigenvalue weighted by Crippen LogP contribution is 2.39. The third kappa shape index (κ3) is 6.28. The van der Waals surface area contributed by atoms with E-state index in [1.807, 2.05) is 20.8 Å². The Hall–Kier alpha value is -3.42. The number of carbonyl (C=O) groups excluding carboxylic acids is 2. The van der Waals surface area contributed by atoms with Gasteiger partial charge in [0.05, 0.1) is 32.5 Å². The van der Waals surface area contributed by atoms with Gasteiger partial charge in [0.15, 0.2) is 11.5 Å². The number of anilines is 1. The number of esters is 1. The summed E-state index contributed by atoms with van der Waals surface area (Å²) in [6, 6.07) is 10.0. The Morgan fingerprint density at radius 3 is 1.90 bits per heavy atom. The second-order valence-electron chi connectivity index (χ2n) is 6.37. The number of amides is 1. The Morgan fingerprint density at radius 1 is 0.871 bits per heavy atom. The van der Waals surface area contributed by atoms with E-state index in [4.69, 9.17) is 18.9 Å². The van der Waals surface area contributed by atoms with E-state index < -0.39 is 12.1 Å². The van der Waals surface area contributed by atoms with Crippen LogP contribution in [0.15, 0.2) is 36.4 Å². The van der Waals surface area contributed by atoms with Crippen LogP contribution in [0.2, 0.25) is 0 Å². The molecule has 0 fully saturated rings. The molecule has 2 aromatic rings. The molecule has 0 bridgehead atoms. The maximum absolute atomic E-state index is 12.5. The summed E-state index contributed by atoms with van der Waals surface area (Å²) in [5.74, 6) is 1.16. The minimum atomic E-state index is -0.546. The summed E-state index contributed by atoms with van der Waals surface area (Å²) in [7, 11) is 2.90. The number of benzene rings is 2. The van der Waals surface area contributed by atoms with Gasteiger partial charge in [0.2, 0.25) is 5.75 Å². The zero-order valence-electron chi connectivity index (χ0n) is 18.6. The van der Waals surface area contributed by atoms with Gasteiger partial charge in [-0.3, -0.25) is 4.90 Å². The second-order valence-corrected chi connectivity index (χ2v) is 6.37. The van der Waals surface area contributed by atoms with Gasteiger partial charge in [0.25, 0.3) is 0 Å². The van der Waals surface area contributed by atoms with Crippen LogP contribution in [-0.4, -0.2) is 46.0 Å². The zero-order chi connectivity index (χ0) is 22.8. The number of ether oxygens (including phenoxy) is 5. The van der Waals surface area contributed by atoms with E-state index in [1.165, 1.54) is 12.0 Å². The maximum Gasteiger partial charge on any atom is 0.414 e. The van der Waals surface area contributed by atoms with Gasteiger partial charge in [0, 0.05) is 12.7 Å². The lowest BCUT2D eigenvalue weighted by Crippen LogP contribution is -2.27. The van der Waals surface area contributed by atoms with E-state index in [1.54, 1.807) is 43.4 Å². The van der Waals surface area contributed by atoms with Crippen molar-refractivity contribution in [2.75, 3.05) is 38.9 Å². The van der Waals surface area contributed by atoms with Crippen LogP contribution in [-0.2, 0) is 16.1 Å². The van der Waals surface area contributed by atoms with Crippen LogP contribution in [0.25, 0.3) is 0 Å². The van der Waals surface area contributed by atoms with Crippen molar-refractivity contribution in [2.24, 2.45) is 0 Å². The minimum Gasteiger partial charge on any atom is -0.490 e. The molecule has 2 rings (SSSR count). The third-order valence-corrected chi connectivity index (χ3v) is 4.28. The quantitative estimate of drug-likeness (QED) is 0.514. The summed E-state index contributed by atoms with van der Waals surface area (Å²) >= 11 is 0. The van der Waals surface area contributed by atoms with Crippen LogP contribution in [0.5, 0.6) is 17.2 Å². The van der Waals surface area contributed by atoms with Crippen LogP contribution in [0.4, 0.5) is 10.5 Å². The molecule has 1 amide bonds. The Bertz CT molecular complexity index is 853. The Kier molecular flexibility index (Phi) is 8.99. The first-order chi connectivity index (χ1) is 14.9. The van der Waals surface area contributed by atoms with E-state index in [9.17, 15) is 9.59 Å². The van der Waals surface area contributed by atoms with Crippen LogP contribution in [0, 0.1) is 0 Å². The molecule has 2 aromatic carbocycles. The Morgan fingerprint density at radius 2 is 1.42 bits per heavy atom. The number of hydrogen-bond donors (Lipinski definition) is 0. The minimum absolute atomic E-state index is 0.0238. The molecule has 0 aliphatic rings. The molecule has 0 atom stereocenters. The summed E-state index contributed by atoms with van der Waals surface area (Å²) in [6.07, 6.45) is -0.546. The molecule has 0 radical (unpaired) electrons. The van der Waals surface area contributed by atoms with Crippen molar-refractivity contribution in [1.82, 2.24) is 0 Å².